The number of hydrogen-bond donors (Lipinski definition) is 1. The Labute approximate surface area is 151 Å². The predicted octanol–water partition coefficient (Wildman–Crippen LogP) is 2.09. The number of carbonyl (C=O) groups is 2. The summed E-state index contributed by atoms with van der Waals surface area (Å²) in [6.45, 7) is 2.19. The number of benzene rings is 1. The highest BCUT2D eigenvalue weighted by Crippen LogP contribution is 2.37. The van der Waals surface area contributed by atoms with E-state index in [-0.39, 0.29) is 12.3 Å². The van der Waals surface area contributed by atoms with Gasteiger partial charge in [0.15, 0.2) is 0 Å². The molecule has 25 heavy (non-hydrogen) atoms. The van der Waals surface area contributed by atoms with Gasteiger partial charge < -0.3 is 19.5 Å². The molecular weight excluding hydrogens is 346 g/mol. The van der Waals surface area contributed by atoms with Crippen LogP contribution in [0, 0.1) is 0 Å². The summed E-state index contributed by atoms with van der Waals surface area (Å²) < 4.78 is 11.0. The van der Waals surface area contributed by atoms with E-state index in [0.29, 0.717) is 50.8 Å². The first kappa shape index (κ1) is 18.2. The molecule has 0 saturated carbocycles. The zero-order valence-corrected chi connectivity index (χ0v) is 14.7. The summed E-state index contributed by atoms with van der Waals surface area (Å²) >= 11 is 6.00. The molecule has 1 atom stereocenters. The summed E-state index contributed by atoms with van der Waals surface area (Å²) in [5.74, 6) is -0.894. The predicted molar refractivity (Wildman–Crippen MR) is 91.8 cm³/mol. The van der Waals surface area contributed by atoms with E-state index < -0.39 is 17.5 Å². The Balaban J connectivity index is 1.84. The van der Waals surface area contributed by atoms with Gasteiger partial charge in [0.1, 0.15) is 0 Å². The molecule has 1 aromatic rings. The van der Waals surface area contributed by atoms with Crippen LogP contribution >= 0.6 is 11.6 Å². The third-order valence-corrected chi connectivity index (χ3v) is 5.23. The smallest absolute Gasteiger partial charge is 0.306 e. The lowest BCUT2D eigenvalue weighted by Gasteiger charge is -2.42. The van der Waals surface area contributed by atoms with Gasteiger partial charge in [-0.2, -0.15) is 0 Å². The van der Waals surface area contributed by atoms with Crippen LogP contribution in [0.2, 0.25) is 5.02 Å². The minimum Gasteiger partial charge on any atom is -0.481 e. The highest BCUT2D eigenvalue weighted by atomic mass is 35.5. The number of carboxylic acids is 1. The summed E-state index contributed by atoms with van der Waals surface area (Å²) in [7, 11) is 0. The maximum atomic E-state index is 13.4. The van der Waals surface area contributed by atoms with Crippen LogP contribution in [0.3, 0.4) is 0 Å². The fraction of sp³-hybridized carbons (Fsp3) is 0.556. The maximum Gasteiger partial charge on any atom is 0.306 e. The van der Waals surface area contributed by atoms with Crippen LogP contribution in [0.4, 0.5) is 0 Å². The van der Waals surface area contributed by atoms with Crippen molar-refractivity contribution in [2.45, 2.75) is 30.8 Å². The summed E-state index contributed by atoms with van der Waals surface area (Å²) in [4.78, 5) is 26.1. The average Bonchev–Trinajstić information content (AvgIpc) is 2.62. The van der Waals surface area contributed by atoms with Crippen LogP contribution in [0.1, 0.15) is 24.8 Å². The van der Waals surface area contributed by atoms with Crippen molar-refractivity contribution in [3.8, 4) is 0 Å². The Hall–Kier alpha value is -1.63. The van der Waals surface area contributed by atoms with Gasteiger partial charge in [-0.25, -0.2) is 0 Å². The summed E-state index contributed by atoms with van der Waals surface area (Å²) in [6, 6.07) is 7.41. The average molecular weight is 368 g/mol. The number of amides is 1. The van der Waals surface area contributed by atoms with Gasteiger partial charge >= 0.3 is 5.97 Å². The van der Waals surface area contributed by atoms with Gasteiger partial charge in [0.25, 0.3) is 0 Å². The number of ether oxygens (including phenoxy) is 2. The van der Waals surface area contributed by atoms with Crippen LogP contribution < -0.4 is 0 Å². The Morgan fingerprint density at radius 3 is 2.52 bits per heavy atom. The van der Waals surface area contributed by atoms with E-state index in [1.807, 2.05) is 12.1 Å². The quantitative estimate of drug-likeness (QED) is 0.881. The largest absolute Gasteiger partial charge is 0.481 e. The standard InChI is InChI=1S/C18H22ClNO5/c19-14-3-1-13(2-4-14)18(5-8-24-9-6-18)17(23)20-7-10-25-15(12-20)11-16(21)22/h1-4,15H,5-12H2,(H,21,22)/t15-/m1/s1. The van der Waals surface area contributed by atoms with Crippen LogP contribution in [-0.2, 0) is 24.5 Å². The van der Waals surface area contributed by atoms with E-state index >= 15 is 0 Å². The van der Waals surface area contributed by atoms with Crippen molar-refractivity contribution in [1.82, 2.24) is 4.90 Å². The van der Waals surface area contributed by atoms with Gasteiger partial charge in [0, 0.05) is 31.3 Å². The van der Waals surface area contributed by atoms with Crippen LogP contribution in [0.5, 0.6) is 0 Å². The lowest BCUT2D eigenvalue weighted by atomic mass is 9.73. The Morgan fingerprint density at radius 2 is 1.88 bits per heavy atom. The number of carbonyl (C=O) groups excluding carboxylic acids is 1. The lowest BCUT2D eigenvalue weighted by Crippen LogP contribution is -2.55. The van der Waals surface area contributed by atoms with Crippen molar-refractivity contribution < 1.29 is 24.2 Å². The van der Waals surface area contributed by atoms with Crippen molar-refractivity contribution in [2.75, 3.05) is 32.9 Å². The number of rotatable bonds is 4. The molecule has 0 bridgehead atoms. The second-order valence-electron chi connectivity index (χ2n) is 6.54. The molecule has 1 amide bonds. The molecule has 0 spiro atoms. The van der Waals surface area contributed by atoms with Crippen molar-refractivity contribution in [2.24, 2.45) is 0 Å². The van der Waals surface area contributed by atoms with Gasteiger partial charge in [0.2, 0.25) is 5.91 Å². The Morgan fingerprint density at radius 1 is 1.20 bits per heavy atom. The Kier molecular flexibility index (Phi) is 5.61. The molecule has 0 aliphatic carbocycles. The summed E-state index contributed by atoms with van der Waals surface area (Å²) in [6.07, 6.45) is 0.654. The molecule has 2 fully saturated rings. The molecular formula is C18H22ClNO5. The fourth-order valence-electron chi connectivity index (χ4n) is 3.64. The molecule has 136 valence electrons. The molecule has 6 nitrogen and oxygen atoms in total. The van der Waals surface area contributed by atoms with Crippen molar-refractivity contribution >= 4 is 23.5 Å². The zero-order chi connectivity index (χ0) is 17.9. The molecule has 3 rings (SSSR count). The third kappa shape index (κ3) is 3.97. The van der Waals surface area contributed by atoms with E-state index in [9.17, 15) is 9.59 Å². The van der Waals surface area contributed by atoms with E-state index in [1.165, 1.54) is 0 Å². The van der Waals surface area contributed by atoms with Crippen LogP contribution in [0.15, 0.2) is 24.3 Å². The van der Waals surface area contributed by atoms with Crippen molar-refractivity contribution in [3.63, 3.8) is 0 Å². The molecule has 0 radical (unpaired) electrons. The monoisotopic (exact) mass is 367 g/mol. The number of morpholine rings is 1. The van der Waals surface area contributed by atoms with Crippen molar-refractivity contribution in [3.05, 3.63) is 34.9 Å². The molecule has 2 aliphatic rings. The minimum atomic E-state index is -0.919. The molecule has 1 N–H and O–H groups in total. The highest BCUT2D eigenvalue weighted by Gasteiger charge is 2.45. The van der Waals surface area contributed by atoms with E-state index in [0.717, 1.165) is 5.56 Å². The van der Waals surface area contributed by atoms with Gasteiger partial charge in [0.05, 0.1) is 24.5 Å². The zero-order valence-electron chi connectivity index (χ0n) is 13.9. The number of nitrogens with zero attached hydrogens (tertiary/aromatic N) is 1. The molecule has 2 saturated heterocycles. The maximum absolute atomic E-state index is 13.4. The van der Waals surface area contributed by atoms with Crippen molar-refractivity contribution in [1.29, 1.82) is 0 Å². The number of hydrogen-bond acceptors (Lipinski definition) is 4. The van der Waals surface area contributed by atoms with E-state index in [4.69, 9.17) is 26.2 Å². The summed E-state index contributed by atoms with van der Waals surface area (Å²) in [5.41, 5.74) is 0.292. The number of aliphatic carboxylic acids is 1. The minimum absolute atomic E-state index is 0.0248. The Bertz CT molecular complexity index is 627. The molecule has 0 unspecified atom stereocenters. The molecule has 2 heterocycles. The van der Waals surface area contributed by atoms with E-state index in [2.05, 4.69) is 0 Å². The molecule has 7 heteroatoms. The first-order valence-electron chi connectivity index (χ1n) is 8.48. The molecule has 2 aliphatic heterocycles. The third-order valence-electron chi connectivity index (χ3n) is 4.98. The first-order valence-corrected chi connectivity index (χ1v) is 8.86. The van der Waals surface area contributed by atoms with Gasteiger partial charge in [-0.05, 0) is 30.5 Å². The van der Waals surface area contributed by atoms with E-state index in [1.54, 1.807) is 17.0 Å². The molecule has 1 aromatic carbocycles. The van der Waals surface area contributed by atoms with Crippen LogP contribution in [-0.4, -0.2) is 60.9 Å². The topological polar surface area (TPSA) is 76.1 Å². The second-order valence-corrected chi connectivity index (χ2v) is 6.98. The molecule has 0 aromatic heterocycles. The first-order chi connectivity index (χ1) is 12.0. The number of carboxylic acid groups (broad SMARTS) is 1. The number of halogens is 1. The van der Waals surface area contributed by atoms with Crippen LogP contribution in [0.25, 0.3) is 0 Å². The van der Waals surface area contributed by atoms with Gasteiger partial charge in [-0.1, -0.05) is 23.7 Å². The van der Waals surface area contributed by atoms with Gasteiger partial charge in [-0.3, -0.25) is 9.59 Å². The SMILES string of the molecule is O=C(O)C[C@@H]1CN(C(=O)C2(c3ccc(Cl)cc3)CCOCC2)CCO1. The fourth-order valence-corrected chi connectivity index (χ4v) is 3.77. The van der Waals surface area contributed by atoms with Gasteiger partial charge in [-0.15, -0.1) is 0 Å². The summed E-state index contributed by atoms with van der Waals surface area (Å²) in [5, 5.41) is 9.61. The normalized spacial score (nSPS) is 23.2. The highest BCUT2D eigenvalue weighted by molar-refractivity contribution is 6.30. The lowest BCUT2D eigenvalue weighted by molar-refractivity contribution is -0.153. The second kappa shape index (κ2) is 7.72.